The summed E-state index contributed by atoms with van der Waals surface area (Å²) in [5, 5.41) is 13.4. The van der Waals surface area contributed by atoms with E-state index >= 15 is 0 Å². The number of nitrogen functional groups attached to an aromatic ring is 1. The number of imide groups is 1. The van der Waals surface area contributed by atoms with Gasteiger partial charge in [-0.2, -0.15) is 0 Å². The van der Waals surface area contributed by atoms with Crippen molar-refractivity contribution < 1.29 is 19.1 Å². The van der Waals surface area contributed by atoms with Crippen molar-refractivity contribution in [3.8, 4) is 11.5 Å². The van der Waals surface area contributed by atoms with E-state index in [1.807, 2.05) is 42.5 Å². The summed E-state index contributed by atoms with van der Waals surface area (Å²) in [6, 6.07) is 16.1. The number of nitrogens with zero attached hydrogens (tertiary/aromatic N) is 3. The SMILES string of the molecule is COc1cccc(OCc2nnc(SCCC(=O)NC(=O)NCc3ccccc3)n2N)c1. The van der Waals surface area contributed by atoms with Crippen molar-refractivity contribution in [2.24, 2.45) is 0 Å². The molecule has 0 unspecified atom stereocenters. The minimum atomic E-state index is -0.539. The average Bonchev–Trinajstić information content (AvgIpc) is 3.16. The third-order valence-electron chi connectivity index (χ3n) is 4.25. The molecule has 0 spiro atoms. The first kappa shape index (κ1) is 22.9. The van der Waals surface area contributed by atoms with E-state index in [4.69, 9.17) is 15.3 Å². The lowest BCUT2D eigenvalue weighted by atomic mass is 10.2. The summed E-state index contributed by atoms with van der Waals surface area (Å²) in [5.41, 5.74) is 0.944. The van der Waals surface area contributed by atoms with Gasteiger partial charge in [0.05, 0.1) is 7.11 Å². The molecule has 0 aliphatic carbocycles. The third kappa shape index (κ3) is 6.91. The largest absolute Gasteiger partial charge is 0.497 e. The van der Waals surface area contributed by atoms with E-state index in [-0.39, 0.29) is 13.0 Å². The van der Waals surface area contributed by atoms with E-state index in [0.29, 0.717) is 34.8 Å². The minimum Gasteiger partial charge on any atom is -0.497 e. The highest BCUT2D eigenvalue weighted by Crippen LogP contribution is 2.20. The lowest BCUT2D eigenvalue weighted by Crippen LogP contribution is -2.39. The van der Waals surface area contributed by atoms with Crippen LogP contribution in [0, 0.1) is 0 Å². The molecule has 0 atom stereocenters. The molecule has 168 valence electrons. The number of thioether (sulfide) groups is 1. The molecule has 3 amide bonds. The summed E-state index contributed by atoms with van der Waals surface area (Å²) >= 11 is 1.26. The fourth-order valence-electron chi connectivity index (χ4n) is 2.59. The molecule has 0 saturated carbocycles. The molecule has 0 aliphatic heterocycles. The molecule has 11 heteroatoms. The van der Waals surface area contributed by atoms with Crippen molar-refractivity contribution in [1.82, 2.24) is 25.5 Å². The molecule has 1 aromatic heterocycles. The van der Waals surface area contributed by atoms with Gasteiger partial charge in [-0.1, -0.05) is 48.2 Å². The van der Waals surface area contributed by atoms with Gasteiger partial charge in [0, 0.05) is 24.8 Å². The Morgan fingerprint density at radius 1 is 1.09 bits per heavy atom. The molecule has 2 aromatic carbocycles. The van der Waals surface area contributed by atoms with Crippen molar-refractivity contribution in [3.63, 3.8) is 0 Å². The van der Waals surface area contributed by atoms with E-state index in [9.17, 15) is 9.59 Å². The second kappa shape index (κ2) is 11.6. The lowest BCUT2D eigenvalue weighted by Gasteiger charge is -2.08. The summed E-state index contributed by atoms with van der Waals surface area (Å²) in [7, 11) is 1.58. The van der Waals surface area contributed by atoms with Gasteiger partial charge < -0.3 is 20.6 Å². The topological polar surface area (TPSA) is 133 Å². The molecule has 3 aromatic rings. The first-order valence-electron chi connectivity index (χ1n) is 9.76. The number of ether oxygens (including phenoxy) is 2. The zero-order chi connectivity index (χ0) is 22.8. The summed E-state index contributed by atoms with van der Waals surface area (Å²) in [6.45, 7) is 0.463. The van der Waals surface area contributed by atoms with E-state index in [0.717, 1.165) is 5.56 Å². The number of benzene rings is 2. The van der Waals surface area contributed by atoms with Gasteiger partial charge in [-0.15, -0.1) is 10.2 Å². The Hall–Kier alpha value is -3.73. The van der Waals surface area contributed by atoms with Crippen LogP contribution in [0.5, 0.6) is 11.5 Å². The van der Waals surface area contributed by atoms with Crippen molar-refractivity contribution >= 4 is 23.7 Å². The molecular weight excluding hydrogens is 432 g/mol. The van der Waals surface area contributed by atoms with E-state index in [2.05, 4.69) is 20.8 Å². The third-order valence-corrected chi connectivity index (χ3v) is 5.20. The van der Waals surface area contributed by atoms with Gasteiger partial charge in [0.15, 0.2) is 5.82 Å². The number of nitrogens with one attached hydrogen (secondary N) is 2. The maximum atomic E-state index is 12.0. The Morgan fingerprint density at radius 3 is 2.66 bits per heavy atom. The summed E-state index contributed by atoms with van der Waals surface area (Å²) in [6.07, 6.45) is 0.117. The van der Waals surface area contributed by atoms with Crippen LogP contribution >= 0.6 is 11.8 Å². The van der Waals surface area contributed by atoms with Gasteiger partial charge in [0.1, 0.15) is 18.1 Å². The number of nitrogens with two attached hydrogens (primary N) is 1. The zero-order valence-electron chi connectivity index (χ0n) is 17.5. The Bertz CT molecular complexity index is 1040. The van der Waals surface area contributed by atoms with Crippen molar-refractivity contribution in [2.45, 2.75) is 24.7 Å². The Kier molecular flexibility index (Phi) is 8.32. The molecule has 0 radical (unpaired) electrons. The number of rotatable bonds is 10. The van der Waals surface area contributed by atoms with Crippen LogP contribution in [-0.4, -0.2) is 39.7 Å². The first-order chi connectivity index (χ1) is 15.5. The van der Waals surface area contributed by atoms with Gasteiger partial charge in [-0.25, -0.2) is 9.47 Å². The number of urea groups is 1. The van der Waals surface area contributed by atoms with Gasteiger partial charge >= 0.3 is 6.03 Å². The predicted octanol–water partition coefficient (Wildman–Crippen LogP) is 2.09. The Morgan fingerprint density at radius 2 is 1.88 bits per heavy atom. The van der Waals surface area contributed by atoms with E-state index < -0.39 is 11.9 Å². The maximum Gasteiger partial charge on any atom is 0.321 e. The molecule has 10 nitrogen and oxygen atoms in total. The van der Waals surface area contributed by atoms with Crippen LogP contribution in [0.25, 0.3) is 0 Å². The van der Waals surface area contributed by atoms with Crippen LogP contribution in [0.2, 0.25) is 0 Å². The monoisotopic (exact) mass is 456 g/mol. The molecular formula is C21H24N6O4S. The maximum absolute atomic E-state index is 12.0. The van der Waals surface area contributed by atoms with Crippen molar-refractivity contribution in [3.05, 3.63) is 66.0 Å². The number of aromatic nitrogens is 3. The number of amides is 3. The van der Waals surface area contributed by atoms with Crippen LogP contribution in [0.1, 0.15) is 17.8 Å². The normalized spacial score (nSPS) is 10.4. The second-order valence-electron chi connectivity index (χ2n) is 6.55. The van der Waals surface area contributed by atoms with Gasteiger partial charge in [-0.05, 0) is 17.7 Å². The standard InChI is InChI=1S/C21H24N6O4S/c1-30-16-8-5-9-17(12-16)31-14-18-25-26-21(27(18)22)32-11-10-19(28)24-20(29)23-13-15-6-3-2-4-7-15/h2-9,12H,10-11,13-14,22H2,1H3,(H2,23,24,28,29). The van der Waals surface area contributed by atoms with Crippen LogP contribution in [-0.2, 0) is 17.9 Å². The smallest absolute Gasteiger partial charge is 0.321 e. The quantitative estimate of drug-likeness (QED) is 0.312. The van der Waals surface area contributed by atoms with Crippen molar-refractivity contribution in [1.29, 1.82) is 0 Å². The zero-order valence-corrected chi connectivity index (χ0v) is 18.3. The molecule has 0 fully saturated rings. The van der Waals surface area contributed by atoms with E-state index in [1.165, 1.54) is 16.4 Å². The van der Waals surface area contributed by atoms with Crippen LogP contribution < -0.4 is 25.9 Å². The fraction of sp³-hybridized carbons (Fsp3) is 0.238. The number of carbonyl (C=O) groups is 2. The first-order valence-corrected chi connectivity index (χ1v) is 10.7. The number of carbonyl (C=O) groups excluding carboxylic acids is 2. The Labute approximate surface area is 189 Å². The van der Waals surface area contributed by atoms with Gasteiger partial charge in [0.25, 0.3) is 0 Å². The van der Waals surface area contributed by atoms with Gasteiger partial charge in [-0.3, -0.25) is 10.1 Å². The molecule has 0 aliphatic rings. The molecule has 4 N–H and O–H groups in total. The molecule has 3 rings (SSSR count). The molecule has 0 saturated heterocycles. The number of hydrogen-bond donors (Lipinski definition) is 3. The second-order valence-corrected chi connectivity index (χ2v) is 7.61. The molecule has 0 bridgehead atoms. The summed E-state index contributed by atoms with van der Waals surface area (Å²) in [5.74, 6) is 7.73. The fourth-order valence-corrected chi connectivity index (χ4v) is 3.40. The highest BCUT2D eigenvalue weighted by Gasteiger charge is 2.13. The number of hydrogen-bond acceptors (Lipinski definition) is 8. The van der Waals surface area contributed by atoms with E-state index in [1.54, 1.807) is 19.2 Å². The van der Waals surface area contributed by atoms with Gasteiger partial charge in [0.2, 0.25) is 11.1 Å². The van der Waals surface area contributed by atoms with Crippen LogP contribution in [0.3, 0.4) is 0 Å². The number of methoxy groups -OCH3 is 1. The van der Waals surface area contributed by atoms with Crippen LogP contribution in [0.15, 0.2) is 59.8 Å². The average molecular weight is 457 g/mol. The predicted molar refractivity (Wildman–Crippen MR) is 120 cm³/mol. The highest BCUT2D eigenvalue weighted by atomic mass is 32.2. The minimum absolute atomic E-state index is 0.117. The molecule has 1 heterocycles. The summed E-state index contributed by atoms with van der Waals surface area (Å²) in [4.78, 5) is 23.8. The lowest BCUT2D eigenvalue weighted by molar-refractivity contribution is -0.119. The Balaban J connectivity index is 1.38. The summed E-state index contributed by atoms with van der Waals surface area (Å²) < 4.78 is 12.1. The molecule has 32 heavy (non-hydrogen) atoms. The van der Waals surface area contributed by atoms with Crippen LogP contribution in [0.4, 0.5) is 4.79 Å². The van der Waals surface area contributed by atoms with Crippen molar-refractivity contribution in [2.75, 3.05) is 18.7 Å². The highest BCUT2D eigenvalue weighted by molar-refractivity contribution is 7.99.